The zero-order chi connectivity index (χ0) is 16.2. The number of amides is 2. The fourth-order valence-electron chi connectivity index (χ4n) is 3.84. The van der Waals surface area contributed by atoms with Crippen molar-refractivity contribution in [3.63, 3.8) is 0 Å². The Hall–Kier alpha value is -1.84. The number of rotatable bonds is 4. The molecule has 0 atom stereocenters. The maximum Gasteiger partial charge on any atom is 0.224 e. The van der Waals surface area contributed by atoms with Crippen LogP contribution in [-0.4, -0.2) is 18.4 Å². The summed E-state index contributed by atoms with van der Waals surface area (Å²) < 4.78 is 0. The minimum absolute atomic E-state index is 0.0769. The second-order valence-corrected chi connectivity index (χ2v) is 6.86. The van der Waals surface area contributed by atoms with Crippen LogP contribution in [0.4, 0.5) is 11.4 Å². The van der Waals surface area contributed by atoms with Crippen LogP contribution < -0.4 is 10.2 Å². The molecule has 4 nitrogen and oxygen atoms in total. The molecule has 2 aliphatic rings. The highest BCUT2D eigenvalue weighted by Gasteiger charge is 2.22. The molecule has 0 bridgehead atoms. The van der Waals surface area contributed by atoms with Crippen molar-refractivity contribution >= 4 is 23.2 Å². The molecule has 0 saturated heterocycles. The zero-order valence-electron chi connectivity index (χ0n) is 13.9. The van der Waals surface area contributed by atoms with Crippen molar-refractivity contribution in [2.75, 3.05) is 16.8 Å². The van der Waals surface area contributed by atoms with Gasteiger partial charge in [-0.15, -0.1) is 0 Å². The molecule has 1 aromatic carbocycles. The average Bonchev–Trinajstić information content (AvgIpc) is 2.97. The Morgan fingerprint density at radius 1 is 1.22 bits per heavy atom. The van der Waals surface area contributed by atoms with Crippen molar-refractivity contribution < 1.29 is 9.59 Å². The van der Waals surface area contributed by atoms with Crippen LogP contribution in [0.15, 0.2) is 18.2 Å². The van der Waals surface area contributed by atoms with Crippen molar-refractivity contribution in [3.8, 4) is 0 Å². The van der Waals surface area contributed by atoms with Gasteiger partial charge in [0.25, 0.3) is 0 Å². The number of hydrogen-bond acceptors (Lipinski definition) is 2. The molecule has 1 N–H and O–H groups in total. The number of anilines is 2. The van der Waals surface area contributed by atoms with Crippen LogP contribution in [0.3, 0.4) is 0 Å². The van der Waals surface area contributed by atoms with E-state index in [0.717, 1.165) is 42.2 Å². The Morgan fingerprint density at radius 3 is 2.74 bits per heavy atom. The van der Waals surface area contributed by atoms with E-state index in [9.17, 15) is 9.59 Å². The molecule has 0 radical (unpaired) electrons. The number of benzene rings is 1. The van der Waals surface area contributed by atoms with Gasteiger partial charge in [0.2, 0.25) is 11.8 Å². The highest BCUT2D eigenvalue weighted by Crippen LogP contribution is 2.31. The molecule has 4 heteroatoms. The van der Waals surface area contributed by atoms with Crippen molar-refractivity contribution in [1.82, 2.24) is 0 Å². The van der Waals surface area contributed by atoms with Crippen LogP contribution in [0.1, 0.15) is 57.4 Å². The minimum Gasteiger partial charge on any atom is -0.326 e. The second kappa shape index (κ2) is 7.16. The first-order valence-electron chi connectivity index (χ1n) is 8.84. The first kappa shape index (κ1) is 16.0. The third kappa shape index (κ3) is 3.92. The molecular formula is C19H26N2O2. The smallest absolute Gasteiger partial charge is 0.224 e. The maximum absolute atomic E-state index is 12.2. The van der Waals surface area contributed by atoms with Gasteiger partial charge in [-0.3, -0.25) is 9.59 Å². The van der Waals surface area contributed by atoms with Crippen LogP contribution in [0.25, 0.3) is 0 Å². The Morgan fingerprint density at radius 2 is 2.00 bits per heavy atom. The van der Waals surface area contributed by atoms with Gasteiger partial charge in [-0.2, -0.15) is 0 Å². The van der Waals surface area contributed by atoms with Crippen molar-refractivity contribution in [2.45, 2.75) is 58.3 Å². The van der Waals surface area contributed by atoms with Gasteiger partial charge >= 0.3 is 0 Å². The van der Waals surface area contributed by atoms with Gasteiger partial charge in [0.15, 0.2) is 0 Å². The summed E-state index contributed by atoms with van der Waals surface area (Å²) in [7, 11) is 0. The molecule has 0 aromatic heterocycles. The van der Waals surface area contributed by atoms with E-state index in [1.165, 1.54) is 32.1 Å². The van der Waals surface area contributed by atoms with Crippen LogP contribution in [0, 0.1) is 5.92 Å². The van der Waals surface area contributed by atoms with Crippen molar-refractivity contribution in [2.24, 2.45) is 5.92 Å². The summed E-state index contributed by atoms with van der Waals surface area (Å²) in [5, 5.41) is 3.01. The molecular weight excluding hydrogens is 288 g/mol. The summed E-state index contributed by atoms with van der Waals surface area (Å²) in [4.78, 5) is 25.5. The second-order valence-electron chi connectivity index (χ2n) is 6.86. The van der Waals surface area contributed by atoms with E-state index in [4.69, 9.17) is 0 Å². The van der Waals surface area contributed by atoms with E-state index >= 15 is 0 Å². The Bertz CT molecular complexity index is 591. The molecule has 0 unspecified atom stereocenters. The third-order valence-corrected chi connectivity index (χ3v) is 5.14. The van der Waals surface area contributed by atoms with E-state index in [0.29, 0.717) is 6.42 Å². The standard InChI is InChI=1S/C19H26N2O2/c1-14(22)21-12-11-16-13-17(8-9-18(16)21)20-19(23)10-7-15-5-3-2-4-6-15/h8-9,13,15H,2-7,10-12H2,1H3,(H,20,23). The van der Waals surface area contributed by atoms with Crippen LogP contribution in [0.2, 0.25) is 0 Å². The topological polar surface area (TPSA) is 49.4 Å². The van der Waals surface area contributed by atoms with Crippen LogP contribution >= 0.6 is 0 Å². The highest BCUT2D eigenvalue weighted by atomic mass is 16.2. The maximum atomic E-state index is 12.2. The average molecular weight is 314 g/mol. The quantitative estimate of drug-likeness (QED) is 0.916. The van der Waals surface area contributed by atoms with E-state index in [2.05, 4.69) is 5.32 Å². The molecule has 23 heavy (non-hydrogen) atoms. The van der Waals surface area contributed by atoms with Gasteiger partial charge in [0.1, 0.15) is 0 Å². The van der Waals surface area contributed by atoms with Gasteiger partial charge in [-0.05, 0) is 42.5 Å². The summed E-state index contributed by atoms with van der Waals surface area (Å²) >= 11 is 0. The number of nitrogens with one attached hydrogen (secondary N) is 1. The summed E-state index contributed by atoms with van der Waals surface area (Å²) in [5.41, 5.74) is 2.98. The van der Waals surface area contributed by atoms with Crippen molar-refractivity contribution in [1.29, 1.82) is 0 Å². The lowest BCUT2D eigenvalue weighted by Crippen LogP contribution is -2.25. The molecule has 1 aliphatic heterocycles. The Labute approximate surface area is 138 Å². The number of carbonyl (C=O) groups is 2. The van der Waals surface area contributed by atoms with Crippen molar-refractivity contribution in [3.05, 3.63) is 23.8 Å². The molecule has 1 fully saturated rings. The van der Waals surface area contributed by atoms with Gasteiger partial charge < -0.3 is 10.2 Å². The van der Waals surface area contributed by atoms with Gasteiger partial charge in [-0.25, -0.2) is 0 Å². The monoisotopic (exact) mass is 314 g/mol. The number of hydrogen-bond donors (Lipinski definition) is 1. The van der Waals surface area contributed by atoms with Gasteiger partial charge in [-0.1, -0.05) is 32.1 Å². The van der Waals surface area contributed by atoms with Crippen LogP contribution in [-0.2, 0) is 16.0 Å². The molecule has 0 spiro atoms. The highest BCUT2D eigenvalue weighted by molar-refractivity contribution is 5.95. The zero-order valence-corrected chi connectivity index (χ0v) is 13.9. The lowest BCUT2D eigenvalue weighted by Gasteiger charge is -2.21. The Kier molecular flexibility index (Phi) is 4.99. The fourth-order valence-corrected chi connectivity index (χ4v) is 3.84. The first-order chi connectivity index (χ1) is 11.1. The van der Waals surface area contributed by atoms with Gasteiger partial charge in [0.05, 0.1) is 0 Å². The fraction of sp³-hybridized carbons (Fsp3) is 0.579. The molecule has 2 amide bonds. The predicted molar refractivity (Wildman–Crippen MR) is 92.6 cm³/mol. The van der Waals surface area contributed by atoms with E-state index in [1.807, 2.05) is 18.2 Å². The van der Waals surface area contributed by atoms with Gasteiger partial charge in [0, 0.05) is 31.3 Å². The Balaban J connectivity index is 1.54. The summed E-state index contributed by atoms with van der Waals surface area (Å²) in [6, 6.07) is 5.86. The summed E-state index contributed by atoms with van der Waals surface area (Å²) in [5.74, 6) is 0.920. The molecule has 1 aliphatic carbocycles. The van der Waals surface area contributed by atoms with Crippen LogP contribution in [0.5, 0.6) is 0 Å². The number of fused-ring (bicyclic) bond motifs is 1. The number of nitrogens with zero attached hydrogens (tertiary/aromatic N) is 1. The molecule has 3 rings (SSSR count). The lowest BCUT2D eigenvalue weighted by atomic mass is 9.86. The molecule has 1 saturated carbocycles. The minimum atomic E-state index is 0.0769. The van der Waals surface area contributed by atoms with E-state index < -0.39 is 0 Å². The molecule has 1 aromatic rings. The van der Waals surface area contributed by atoms with E-state index in [1.54, 1.807) is 11.8 Å². The largest absolute Gasteiger partial charge is 0.326 e. The van der Waals surface area contributed by atoms with E-state index in [-0.39, 0.29) is 11.8 Å². The third-order valence-electron chi connectivity index (χ3n) is 5.14. The summed E-state index contributed by atoms with van der Waals surface area (Å²) in [6.45, 7) is 2.33. The normalized spacial score (nSPS) is 17.9. The molecule has 124 valence electrons. The SMILES string of the molecule is CC(=O)N1CCc2cc(NC(=O)CCC3CCCCC3)ccc21. The lowest BCUT2D eigenvalue weighted by molar-refractivity contribution is -0.117. The number of carbonyl (C=O) groups excluding carboxylic acids is 2. The first-order valence-corrected chi connectivity index (χ1v) is 8.84. The molecule has 1 heterocycles. The summed E-state index contributed by atoms with van der Waals surface area (Å²) in [6.07, 6.45) is 9.06. The predicted octanol–water partition coefficient (Wildman–Crippen LogP) is 3.89.